The number of rotatable bonds is 6. The molecule has 1 saturated heterocycles. The van der Waals surface area contributed by atoms with Crippen LogP contribution in [0.4, 0.5) is 5.95 Å². The minimum Gasteiger partial charge on any atom is -0.494 e. The Labute approximate surface area is 161 Å². The fraction of sp³-hybridized carbons (Fsp3) is 0.421. The zero-order valence-corrected chi connectivity index (χ0v) is 15.8. The number of ether oxygens (including phenoxy) is 2. The van der Waals surface area contributed by atoms with Crippen molar-refractivity contribution < 1.29 is 9.47 Å². The molecule has 0 unspecified atom stereocenters. The van der Waals surface area contributed by atoms with Gasteiger partial charge in [0.05, 0.1) is 19.8 Å². The van der Waals surface area contributed by atoms with E-state index < -0.39 is 11.2 Å². The SMILES string of the molecule is Cn1c(=O)[nH]c(=O)c2c1nc(N1CCOCC1)n2CCCOc1ccccc1. The number of H-pyrrole nitrogens is 1. The Kier molecular flexibility index (Phi) is 5.16. The first-order valence-electron chi connectivity index (χ1n) is 9.35. The van der Waals surface area contributed by atoms with Gasteiger partial charge in [-0.05, 0) is 18.6 Å². The Morgan fingerprint density at radius 2 is 1.93 bits per heavy atom. The molecule has 4 rings (SSSR count). The number of benzene rings is 1. The molecule has 0 bridgehead atoms. The van der Waals surface area contributed by atoms with Crippen LogP contribution in [-0.4, -0.2) is 52.0 Å². The first-order chi connectivity index (χ1) is 13.6. The van der Waals surface area contributed by atoms with E-state index in [1.54, 1.807) is 7.05 Å². The predicted octanol–water partition coefficient (Wildman–Crippen LogP) is 0.729. The van der Waals surface area contributed by atoms with E-state index in [0.717, 1.165) is 5.75 Å². The zero-order valence-electron chi connectivity index (χ0n) is 15.8. The van der Waals surface area contributed by atoms with Crippen molar-refractivity contribution in [3.63, 3.8) is 0 Å². The van der Waals surface area contributed by atoms with Gasteiger partial charge in [-0.15, -0.1) is 0 Å². The van der Waals surface area contributed by atoms with Crippen LogP contribution in [0.25, 0.3) is 11.2 Å². The van der Waals surface area contributed by atoms with Gasteiger partial charge < -0.3 is 18.9 Å². The molecule has 1 fully saturated rings. The number of hydrogen-bond donors (Lipinski definition) is 1. The third-order valence-electron chi connectivity index (χ3n) is 4.82. The minimum atomic E-state index is -0.469. The van der Waals surface area contributed by atoms with Gasteiger partial charge in [-0.1, -0.05) is 18.2 Å². The van der Waals surface area contributed by atoms with Gasteiger partial charge in [0.25, 0.3) is 5.56 Å². The number of fused-ring (bicyclic) bond motifs is 1. The molecule has 0 aliphatic carbocycles. The lowest BCUT2D eigenvalue weighted by Crippen LogP contribution is -2.38. The van der Waals surface area contributed by atoms with E-state index >= 15 is 0 Å². The van der Waals surface area contributed by atoms with Crippen LogP contribution in [0.5, 0.6) is 5.75 Å². The van der Waals surface area contributed by atoms with Gasteiger partial charge >= 0.3 is 5.69 Å². The summed E-state index contributed by atoms with van der Waals surface area (Å²) in [5, 5.41) is 0. The Morgan fingerprint density at radius 3 is 2.68 bits per heavy atom. The average molecular weight is 385 g/mol. The molecule has 0 radical (unpaired) electrons. The lowest BCUT2D eigenvalue weighted by molar-refractivity contribution is 0.121. The molecule has 1 N–H and O–H groups in total. The van der Waals surface area contributed by atoms with E-state index in [9.17, 15) is 9.59 Å². The van der Waals surface area contributed by atoms with Crippen molar-refractivity contribution in [1.82, 2.24) is 19.1 Å². The molecular weight excluding hydrogens is 362 g/mol. The van der Waals surface area contributed by atoms with E-state index in [1.165, 1.54) is 4.57 Å². The second kappa shape index (κ2) is 7.89. The van der Waals surface area contributed by atoms with Gasteiger partial charge in [0.1, 0.15) is 5.75 Å². The average Bonchev–Trinajstić information content (AvgIpc) is 3.11. The van der Waals surface area contributed by atoms with Crippen LogP contribution >= 0.6 is 0 Å². The highest BCUT2D eigenvalue weighted by atomic mass is 16.5. The lowest BCUT2D eigenvalue weighted by Gasteiger charge is -2.28. The number of hydrogen-bond acceptors (Lipinski definition) is 6. The Morgan fingerprint density at radius 1 is 1.18 bits per heavy atom. The highest BCUT2D eigenvalue weighted by Crippen LogP contribution is 2.21. The summed E-state index contributed by atoms with van der Waals surface area (Å²) < 4.78 is 14.4. The van der Waals surface area contributed by atoms with Crippen molar-refractivity contribution in [2.45, 2.75) is 13.0 Å². The van der Waals surface area contributed by atoms with Crippen LogP contribution in [0.15, 0.2) is 39.9 Å². The maximum absolute atomic E-state index is 12.5. The molecule has 0 spiro atoms. The van der Waals surface area contributed by atoms with E-state index in [4.69, 9.17) is 9.47 Å². The number of anilines is 1. The third kappa shape index (κ3) is 3.53. The molecule has 2 aromatic heterocycles. The molecule has 148 valence electrons. The number of nitrogens with one attached hydrogen (secondary N) is 1. The van der Waals surface area contributed by atoms with Gasteiger partial charge in [0.2, 0.25) is 5.95 Å². The van der Waals surface area contributed by atoms with Gasteiger partial charge in [-0.25, -0.2) is 4.79 Å². The fourth-order valence-electron chi connectivity index (χ4n) is 3.37. The highest BCUT2D eigenvalue weighted by Gasteiger charge is 2.22. The molecule has 3 aromatic rings. The van der Waals surface area contributed by atoms with Gasteiger partial charge in [-0.3, -0.25) is 14.3 Å². The number of imidazole rings is 1. The summed E-state index contributed by atoms with van der Waals surface area (Å²) in [7, 11) is 1.61. The molecule has 0 saturated carbocycles. The quantitative estimate of drug-likeness (QED) is 0.629. The lowest BCUT2D eigenvalue weighted by atomic mass is 10.3. The number of aromatic amines is 1. The normalized spacial score (nSPS) is 14.5. The molecule has 0 amide bonds. The number of morpholine rings is 1. The van der Waals surface area contributed by atoms with E-state index in [2.05, 4.69) is 14.9 Å². The molecule has 9 heteroatoms. The Bertz CT molecular complexity index is 1060. The zero-order chi connectivity index (χ0) is 19.5. The summed E-state index contributed by atoms with van der Waals surface area (Å²) in [6.07, 6.45) is 0.694. The van der Waals surface area contributed by atoms with Crippen LogP contribution in [-0.2, 0) is 18.3 Å². The smallest absolute Gasteiger partial charge is 0.329 e. The van der Waals surface area contributed by atoms with E-state index in [1.807, 2.05) is 34.9 Å². The molecular formula is C19H23N5O4. The Balaban J connectivity index is 1.63. The van der Waals surface area contributed by atoms with Gasteiger partial charge in [-0.2, -0.15) is 4.98 Å². The summed E-state index contributed by atoms with van der Waals surface area (Å²) in [5.41, 5.74) is -0.0975. The van der Waals surface area contributed by atoms with Crippen molar-refractivity contribution in [3.8, 4) is 5.75 Å². The van der Waals surface area contributed by atoms with Crippen LogP contribution in [0.3, 0.4) is 0 Å². The van der Waals surface area contributed by atoms with Crippen molar-refractivity contribution >= 4 is 17.1 Å². The second-order valence-corrected chi connectivity index (χ2v) is 6.67. The fourth-order valence-corrected chi connectivity index (χ4v) is 3.37. The van der Waals surface area contributed by atoms with Crippen molar-refractivity contribution in [2.75, 3.05) is 37.8 Å². The van der Waals surface area contributed by atoms with E-state index in [0.29, 0.717) is 63.0 Å². The number of para-hydroxylation sites is 1. The van der Waals surface area contributed by atoms with Crippen LogP contribution in [0, 0.1) is 0 Å². The first kappa shape index (κ1) is 18.3. The maximum Gasteiger partial charge on any atom is 0.329 e. The number of aryl methyl sites for hydroxylation is 2. The van der Waals surface area contributed by atoms with Crippen LogP contribution < -0.4 is 20.9 Å². The summed E-state index contributed by atoms with van der Waals surface area (Å²) in [6.45, 7) is 3.66. The monoisotopic (exact) mass is 385 g/mol. The third-order valence-corrected chi connectivity index (χ3v) is 4.82. The summed E-state index contributed by atoms with van der Waals surface area (Å²) >= 11 is 0. The summed E-state index contributed by atoms with van der Waals surface area (Å²) in [4.78, 5) is 33.6. The molecule has 1 aliphatic rings. The number of aromatic nitrogens is 4. The predicted molar refractivity (Wildman–Crippen MR) is 105 cm³/mol. The topological polar surface area (TPSA) is 94.4 Å². The summed E-state index contributed by atoms with van der Waals surface area (Å²) in [6, 6.07) is 9.61. The van der Waals surface area contributed by atoms with E-state index in [-0.39, 0.29) is 0 Å². The van der Waals surface area contributed by atoms with Gasteiger partial charge in [0.15, 0.2) is 11.2 Å². The van der Waals surface area contributed by atoms with Crippen LogP contribution in [0.1, 0.15) is 6.42 Å². The second-order valence-electron chi connectivity index (χ2n) is 6.67. The van der Waals surface area contributed by atoms with Gasteiger partial charge in [0, 0.05) is 26.7 Å². The summed E-state index contributed by atoms with van der Waals surface area (Å²) in [5.74, 6) is 1.50. The van der Waals surface area contributed by atoms with Crippen molar-refractivity contribution in [2.24, 2.45) is 7.05 Å². The van der Waals surface area contributed by atoms with Crippen molar-refractivity contribution in [3.05, 3.63) is 51.2 Å². The molecule has 0 atom stereocenters. The molecule has 28 heavy (non-hydrogen) atoms. The van der Waals surface area contributed by atoms with Crippen molar-refractivity contribution in [1.29, 1.82) is 0 Å². The Hall–Kier alpha value is -3.07. The number of nitrogens with zero attached hydrogens (tertiary/aromatic N) is 4. The molecule has 1 aliphatic heterocycles. The molecule has 1 aromatic carbocycles. The first-order valence-corrected chi connectivity index (χ1v) is 9.35. The standard InChI is InChI=1S/C19H23N5O4/c1-22-16-15(17(25)21-19(22)26)24(18(20-16)23-9-12-27-13-10-23)8-5-11-28-14-6-3-2-4-7-14/h2-4,6-7H,5,8-13H2,1H3,(H,21,25,26). The van der Waals surface area contributed by atoms with Crippen LogP contribution in [0.2, 0.25) is 0 Å². The largest absolute Gasteiger partial charge is 0.494 e. The maximum atomic E-state index is 12.5. The molecule has 3 heterocycles. The molecule has 9 nitrogen and oxygen atoms in total. The minimum absolute atomic E-state index is 0.388. The highest BCUT2D eigenvalue weighted by molar-refractivity contribution is 5.74.